The molecule has 5 nitrogen and oxygen atoms in total. The van der Waals surface area contributed by atoms with Gasteiger partial charge in [0.15, 0.2) is 0 Å². The van der Waals surface area contributed by atoms with E-state index in [-0.39, 0.29) is 6.54 Å². The van der Waals surface area contributed by atoms with Crippen LogP contribution in [-0.2, 0) is 15.8 Å². The van der Waals surface area contributed by atoms with Gasteiger partial charge in [0.05, 0.1) is 6.07 Å². The van der Waals surface area contributed by atoms with Crippen LogP contribution in [0.1, 0.15) is 5.56 Å². The van der Waals surface area contributed by atoms with E-state index in [1.807, 2.05) is 35.2 Å². The third kappa shape index (κ3) is 3.67. The highest BCUT2D eigenvalue weighted by atomic mass is 35.7. The summed E-state index contributed by atoms with van der Waals surface area (Å²) in [5, 5.41) is 9.17. The highest BCUT2D eigenvalue weighted by Gasteiger charge is 2.32. The van der Waals surface area contributed by atoms with Crippen LogP contribution in [0.25, 0.3) is 0 Å². The van der Waals surface area contributed by atoms with Gasteiger partial charge in [-0.2, -0.15) is 18.0 Å². The second-order valence-corrected chi connectivity index (χ2v) is 6.91. The molecule has 102 valence electrons. The van der Waals surface area contributed by atoms with Crippen molar-refractivity contribution in [1.82, 2.24) is 9.21 Å². The molecule has 0 aromatic heterocycles. The van der Waals surface area contributed by atoms with E-state index < -0.39 is 15.3 Å². The lowest BCUT2D eigenvalue weighted by Gasteiger charge is -2.36. The van der Waals surface area contributed by atoms with E-state index in [2.05, 4.69) is 6.07 Å². The van der Waals surface area contributed by atoms with Crippen LogP contribution in [0.5, 0.6) is 0 Å². The normalized spacial score (nSPS) is 22.0. The van der Waals surface area contributed by atoms with Gasteiger partial charge in [-0.1, -0.05) is 30.3 Å². The molecule has 1 unspecified atom stereocenters. The van der Waals surface area contributed by atoms with Crippen molar-refractivity contribution in [2.75, 3.05) is 19.6 Å². The van der Waals surface area contributed by atoms with Crippen molar-refractivity contribution in [2.45, 2.75) is 12.6 Å². The summed E-state index contributed by atoms with van der Waals surface area (Å²) >= 11 is 0. The average Bonchev–Trinajstić information content (AvgIpc) is 2.39. The van der Waals surface area contributed by atoms with E-state index in [9.17, 15) is 8.42 Å². The summed E-state index contributed by atoms with van der Waals surface area (Å²) in [6.07, 6.45) is 0. The summed E-state index contributed by atoms with van der Waals surface area (Å²) in [6.45, 7) is 1.57. The minimum Gasteiger partial charge on any atom is -0.281 e. The summed E-state index contributed by atoms with van der Waals surface area (Å²) in [7, 11) is 1.57. The zero-order valence-electron chi connectivity index (χ0n) is 10.2. The molecule has 7 heteroatoms. The number of nitrogens with zero attached hydrogens (tertiary/aromatic N) is 3. The highest BCUT2D eigenvalue weighted by molar-refractivity contribution is 8.11. The lowest BCUT2D eigenvalue weighted by atomic mass is 10.1. The maximum Gasteiger partial charge on any atom is 0.299 e. The molecule has 1 aliphatic heterocycles. The van der Waals surface area contributed by atoms with Crippen molar-refractivity contribution in [3.8, 4) is 6.07 Å². The molecule has 19 heavy (non-hydrogen) atoms. The average molecular weight is 300 g/mol. The molecule has 0 N–H and O–H groups in total. The first-order valence-corrected chi connectivity index (χ1v) is 8.14. The van der Waals surface area contributed by atoms with Gasteiger partial charge in [0.25, 0.3) is 9.24 Å². The van der Waals surface area contributed by atoms with E-state index in [1.165, 1.54) is 0 Å². The fourth-order valence-electron chi connectivity index (χ4n) is 2.12. The monoisotopic (exact) mass is 299 g/mol. The zero-order valence-corrected chi connectivity index (χ0v) is 11.8. The molecular weight excluding hydrogens is 286 g/mol. The molecule has 0 spiro atoms. The third-order valence-electron chi connectivity index (χ3n) is 3.14. The van der Waals surface area contributed by atoms with Gasteiger partial charge < -0.3 is 0 Å². The molecule has 1 aromatic rings. The van der Waals surface area contributed by atoms with E-state index in [1.54, 1.807) is 0 Å². The number of hydrogen-bond acceptors (Lipinski definition) is 4. The Labute approximate surface area is 117 Å². The molecule has 0 aliphatic carbocycles. The Morgan fingerprint density at radius 3 is 2.58 bits per heavy atom. The Balaban J connectivity index is 2.06. The first kappa shape index (κ1) is 14.3. The van der Waals surface area contributed by atoms with E-state index in [0.717, 1.165) is 9.87 Å². The van der Waals surface area contributed by atoms with Crippen LogP contribution in [0.4, 0.5) is 0 Å². The van der Waals surface area contributed by atoms with Crippen LogP contribution in [0.15, 0.2) is 30.3 Å². The number of hydrogen-bond donors (Lipinski definition) is 0. The van der Waals surface area contributed by atoms with Crippen LogP contribution < -0.4 is 0 Å². The fourth-order valence-corrected chi connectivity index (χ4v) is 3.12. The van der Waals surface area contributed by atoms with Gasteiger partial charge in [-0.3, -0.25) is 4.90 Å². The minimum atomic E-state index is -3.74. The van der Waals surface area contributed by atoms with Crippen molar-refractivity contribution in [3.63, 3.8) is 0 Å². The first-order chi connectivity index (χ1) is 9.00. The van der Waals surface area contributed by atoms with E-state index >= 15 is 0 Å². The van der Waals surface area contributed by atoms with Gasteiger partial charge in [-0.25, -0.2) is 0 Å². The van der Waals surface area contributed by atoms with Crippen LogP contribution in [0.3, 0.4) is 0 Å². The SMILES string of the molecule is N#CC1CN(S(=O)(=O)Cl)CCN1Cc1ccccc1. The smallest absolute Gasteiger partial charge is 0.281 e. The second kappa shape index (κ2) is 5.88. The summed E-state index contributed by atoms with van der Waals surface area (Å²) in [5.74, 6) is 0. The van der Waals surface area contributed by atoms with Gasteiger partial charge in [-0.15, -0.1) is 0 Å². The number of halogens is 1. The number of piperazine rings is 1. The maximum atomic E-state index is 11.3. The molecule has 1 atom stereocenters. The molecule has 1 heterocycles. The van der Waals surface area contributed by atoms with Crippen LogP contribution in [0, 0.1) is 11.3 Å². The topological polar surface area (TPSA) is 64.4 Å². The molecule has 1 aliphatic rings. The third-order valence-corrected chi connectivity index (χ3v) is 4.67. The molecule has 1 fully saturated rings. The molecule has 1 aromatic carbocycles. The van der Waals surface area contributed by atoms with Gasteiger partial charge in [0.1, 0.15) is 6.04 Å². The van der Waals surface area contributed by atoms with Crippen molar-refractivity contribution < 1.29 is 8.42 Å². The van der Waals surface area contributed by atoms with Gasteiger partial charge in [0.2, 0.25) is 0 Å². The summed E-state index contributed by atoms with van der Waals surface area (Å²) in [5.41, 5.74) is 1.10. The molecular formula is C12H14ClN3O2S. The van der Waals surface area contributed by atoms with Crippen molar-refractivity contribution in [3.05, 3.63) is 35.9 Å². The molecule has 1 saturated heterocycles. The van der Waals surface area contributed by atoms with E-state index in [0.29, 0.717) is 19.6 Å². The quantitative estimate of drug-likeness (QED) is 0.786. The largest absolute Gasteiger partial charge is 0.299 e. The Kier molecular flexibility index (Phi) is 4.42. The minimum absolute atomic E-state index is 0.120. The maximum absolute atomic E-state index is 11.3. The first-order valence-electron chi connectivity index (χ1n) is 5.88. The molecule has 0 saturated carbocycles. The Bertz CT molecular complexity index is 570. The van der Waals surface area contributed by atoms with Gasteiger partial charge in [-0.05, 0) is 5.56 Å². The number of benzene rings is 1. The van der Waals surface area contributed by atoms with Crippen molar-refractivity contribution in [2.24, 2.45) is 0 Å². The lowest BCUT2D eigenvalue weighted by Crippen LogP contribution is -2.52. The number of rotatable bonds is 3. The van der Waals surface area contributed by atoms with Crippen LogP contribution in [-0.4, -0.2) is 43.3 Å². The van der Waals surface area contributed by atoms with E-state index in [4.69, 9.17) is 15.9 Å². The van der Waals surface area contributed by atoms with Gasteiger partial charge in [0, 0.05) is 36.9 Å². The summed E-state index contributed by atoms with van der Waals surface area (Å²) in [6, 6.07) is 11.5. The molecule has 0 bridgehead atoms. The van der Waals surface area contributed by atoms with Crippen LogP contribution >= 0.6 is 10.7 Å². The lowest BCUT2D eigenvalue weighted by molar-refractivity contribution is 0.144. The summed E-state index contributed by atoms with van der Waals surface area (Å²) in [4.78, 5) is 1.97. The highest BCUT2D eigenvalue weighted by Crippen LogP contribution is 2.17. The Morgan fingerprint density at radius 2 is 2.00 bits per heavy atom. The Hall–Kier alpha value is -1.13. The molecule has 0 radical (unpaired) electrons. The zero-order chi connectivity index (χ0) is 13.9. The van der Waals surface area contributed by atoms with Crippen molar-refractivity contribution >= 4 is 19.9 Å². The molecule has 2 rings (SSSR count). The number of nitriles is 1. The van der Waals surface area contributed by atoms with Crippen LogP contribution in [0.2, 0.25) is 0 Å². The standard InChI is InChI=1S/C12H14ClN3O2S/c13-19(17,18)16-7-6-15(12(8-14)10-16)9-11-4-2-1-3-5-11/h1-5,12H,6-7,9-10H2. The predicted molar refractivity (Wildman–Crippen MR) is 72.6 cm³/mol. The van der Waals surface area contributed by atoms with Gasteiger partial charge >= 0.3 is 0 Å². The predicted octanol–water partition coefficient (Wildman–Crippen LogP) is 1.18. The summed E-state index contributed by atoms with van der Waals surface area (Å²) < 4.78 is 23.7. The fraction of sp³-hybridized carbons (Fsp3) is 0.417. The van der Waals surface area contributed by atoms with Crippen molar-refractivity contribution in [1.29, 1.82) is 5.26 Å². The Morgan fingerprint density at radius 1 is 1.32 bits per heavy atom. The molecule has 0 amide bonds. The second-order valence-electron chi connectivity index (χ2n) is 4.40.